The third kappa shape index (κ3) is 15.9. The van der Waals surface area contributed by atoms with Crippen LogP contribution in [0.15, 0.2) is 0 Å². The lowest BCUT2D eigenvalue weighted by Crippen LogP contribution is -2.21. The Morgan fingerprint density at radius 2 is 1.42 bits per heavy atom. The minimum Gasteiger partial charge on any atom is -0.378 e. The van der Waals surface area contributed by atoms with E-state index in [0.29, 0.717) is 30.8 Å². The minimum absolute atomic E-state index is 0. The SMILES string of the molecule is CC(C)C(=O)C1CCCCC1.CCC(C)C(N)=O.NC(=O)CCCOC1CCCCC1.[HH].[HH]. The Hall–Kier alpha value is -1.43. The largest absolute Gasteiger partial charge is 0.378 e. The fourth-order valence-corrected chi connectivity index (χ4v) is 3.79. The van der Waals surface area contributed by atoms with Crippen LogP contribution >= 0.6 is 0 Å². The number of nitrogens with two attached hydrogens (primary N) is 2. The highest BCUT2D eigenvalue weighted by molar-refractivity contribution is 5.82. The first-order valence-corrected chi connectivity index (χ1v) is 12.4. The molecule has 0 aliphatic heterocycles. The van der Waals surface area contributed by atoms with Crippen LogP contribution in [0.5, 0.6) is 0 Å². The Morgan fingerprint density at radius 1 is 0.903 bits per heavy atom. The maximum absolute atomic E-state index is 11.5. The quantitative estimate of drug-likeness (QED) is 0.463. The number of Topliss-reactive ketones (excluding diaryl/α,β-unsaturated/α-hetero) is 1. The van der Waals surface area contributed by atoms with Crippen molar-refractivity contribution in [3.63, 3.8) is 0 Å². The molecule has 0 radical (unpaired) electrons. The van der Waals surface area contributed by atoms with Gasteiger partial charge in [-0.3, -0.25) is 14.4 Å². The molecule has 0 aromatic heterocycles. The molecular weight excluding hydrogens is 392 g/mol. The molecule has 2 aliphatic rings. The number of amides is 2. The summed E-state index contributed by atoms with van der Waals surface area (Å²) in [6.45, 7) is 8.47. The summed E-state index contributed by atoms with van der Waals surface area (Å²) in [6.07, 6.45) is 15.0. The predicted molar refractivity (Wildman–Crippen MR) is 131 cm³/mol. The van der Waals surface area contributed by atoms with E-state index in [-0.39, 0.29) is 26.5 Å². The summed E-state index contributed by atoms with van der Waals surface area (Å²) in [5, 5.41) is 0. The molecule has 0 aromatic rings. The zero-order valence-corrected chi connectivity index (χ0v) is 20.5. The lowest BCUT2D eigenvalue weighted by Gasteiger charge is -2.21. The van der Waals surface area contributed by atoms with Gasteiger partial charge < -0.3 is 16.2 Å². The molecule has 31 heavy (non-hydrogen) atoms. The Bertz CT molecular complexity index is 507. The number of ether oxygens (including phenoxy) is 1. The van der Waals surface area contributed by atoms with Crippen LogP contribution in [-0.2, 0) is 19.1 Å². The number of hydrogen-bond acceptors (Lipinski definition) is 4. The highest BCUT2D eigenvalue weighted by Crippen LogP contribution is 2.26. The van der Waals surface area contributed by atoms with Gasteiger partial charge in [0.1, 0.15) is 5.78 Å². The van der Waals surface area contributed by atoms with E-state index in [2.05, 4.69) is 0 Å². The van der Waals surface area contributed by atoms with Gasteiger partial charge in [0, 0.05) is 33.6 Å². The second-order valence-electron chi connectivity index (χ2n) is 9.30. The van der Waals surface area contributed by atoms with Crippen LogP contribution in [0.4, 0.5) is 0 Å². The molecule has 2 saturated carbocycles. The van der Waals surface area contributed by atoms with Crippen molar-refractivity contribution >= 4 is 17.6 Å². The zero-order chi connectivity index (χ0) is 23.6. The van der Waals surface area contributed by atoms with Crippen LogP contribution in [0.25, 0.3) is 0 Å². The van der Waals surface area contributed by atoms with Gasteiger partial charge in [0.25, 0.3) is 0 Å². The van der Waals surface area contributed by atoms with Crippen molar-refractivity contribution in [2.75, 3.05) is 6.61 Å². The van der Waals surface area contributed by atoms with Crippen LogP contribution < -0.4 is 11.5 Å². The predicted octanol–water partition coefficient (Wildman–Crippen LogP) is 5.40. The molecule has 2 aliphatic carbocycles. The lowest BCUT2D eigenvalue weighted by atomic mass is 9.83. The van der Waals surface area contributed by atoms with Crippen molar-refractivity contribution < 1.29 is 22.0 Å². The average Bonchev–Trinajstić information content (AvgIpc) is 2.77. The van der Waals surface area contributed by atoms with E-state index < -0.39 is 0 Å². The highest BCUT2D eigenvalue weighted by atomic mass is 16.5. The highest BCUT2D eigenvalue weighted by Gasteiger charge is 2.22. The van der Waals surface area contributed by atoms with Gasteiger partial charge in [0.05, 0.1) is 6.10 Å². The molecule has 0 aromatic carbocycles. The Kier molecular flexibility index (Phi) is 17.3. The van der Waals surface area contributed by atoms with E-state index in [1.54, 1.807) is 0 Å². The van der Waals surface area contributed by atoms with Crippen molar-refractivity contribution in [3.8, 4) is 0 Å². The zero-order valence-electron chi connectivity index (χ0n) is 20.5. The molecular formula is C25H52N2O4. The third-order valence-electron chi connectivity index (χ3n) is 6.15. The first kappa shape index (κ1) is 29.6. The Morgan fingerprint density at radius 3 is 1.81 bits per heavy atom. The molecule has 0 bridgehead atoms. The summed E-state index contributed by atoms with van der Waals surface area (Å²) in [5.41, 5.74) is 9.92. The van der Waals surface area contributed by atoms with Crippen molar-refractivity contribution in [1.29, 1.82) is 0 Å². The number of hydrogen-bond donors (Lipinski definition) is 2. The molecule has 0 saturated heterocycles. The number of primary amides is 2. The summed E-state index contributed by atoms with van der Waals surface area (Å²) in [6, 6.07) is 0. The number of carbonyl (C=O) groups is 3. The van der Waals surface area contributed by atoms with Crippen LogP contribution in [0.1, 0.15) is 114 Å². The molecule has 1 atom stereocenters. The lowest BCUT2D eigenvalue weighted by molar-refractivity contribution is -0.126. The number of rotatable bonds is 9. The van der Waals surface area contributed by atoms with Crippen LogP contribution in [-0.4, -0.2) is 30.3 Å². The van der Waals surface area contributed by atoms with Crippen molar-refractivity contribution in [3.05, 3.63) is 0 Å². The van der Waals surface area contributed by atoms with Crippen molar-refractivity contribution in [1.82, 2.24) is 0 Å². The fourth-order valence-electron chi connectivity index (χ4n) is 3.79. The summed E-state index contributed by atoms with van der Waals surface area (Å²) < 4.78 is 5.63. The van der Waals surface area contributed by atoms with E-state index in [4.69, 9.17) is 16.2 Å². The maximum atomic E-state index is 11.5. The third-order valence-corrected chi connectivity index (χ3v) is 6.15. The topological polar surface area (TPSA) is 112 Å². The monoisotopic (exact) mass is 444 g/mol. The molecule has 2 fully saturated rings. The molecule has 0 heterocycles. The standard InChI is InChI=1S/C10H19NO2.C10H18O.C5H11NO.2H2/c11-10(12)7-4-8-13-9-5-2-1-3-6-9;1-8(2)10(11)9-6-4-3-5-7-9;1-3-4(2)5(6)7;;/h9H,1-8H2,(H2,11,12);8-9H,3-7H2,1-2H3;4H,3H2,1-2H3,(H2,6,7);2*1H. The van der Waals surface area contributed by atoms with E-state index in [1.165, 1.54) is 51.4 Å². The average molecular weight is 445 g/mol. The molecule has 186 valence electrons. The van der Waals surface area contributed by atoms with Gasteiger partial charge in [-0.2, -0.15) is 0 Å². The van der Waals surface area contributed by atoms with Gasteiger partial charge in [0.2, 0.25) is 11.8 Å². The van der Waals surface area contributed by atoms with Gasteiger partial charge in [-0.1, -0.05) is 66.2 Å². The molecule has 4 N–H and O–H groups in total. The Labute approximate surface area is 193 Å². The van der Waals surface area contributed by atoms with Gasteiger partial charge in [-0.05, 0) is 38.5 Å². The molecule has 6 heteroatoms. The van der Waals surface area contributed by atoms with E-state index >= 15 is 0 Å². The van der Waals surface area contributed by atoms with Crippen molar-refractivity contribution in [2.24, 2.45) is 29.2 Å². The second kappa shape index (κ2) is 18.2. The Balaban J connectivity index is -0.000000414. The van der Waals surface area contributed by atoms with E-state index in [9.17, 15) is 14.4 Å². The summed E-state index contributed by atoms with van der Waals surface area (Å²) in [5.74, 6) is 0.751. The number of ketones is 1. The molecule has 2 rings (SSSR count). The normalized spacial score (nSPS) is 18.2. The minimum atomic E-state index is -0.229. The smallest absolute Gasteiger partial charge is 0.220 e. The van der Waals surface area contributed by atoms with Gasteiger partial charge >= 0.3 is 0 Å². The summed E-state index contributed by atoms with van der Waals surface area (Å²) in [4.78, 5) is 32.1. The van der Waals surface area contributed by atoms with E-state index in [1.807, 2.05) is 27.7 Å². The summed E-state index contributed by atoms with van der Waals surface area (Å²) >= 11 is 0. The second-order valence-corrected chi connectivity index (χ2v) is 9.30. The fraction of sp³-hybridized carbons (Fsp3) is 0.880. The number of carbonyl (C=O) groups excluding carboxylic acids is 3. The maximum Gasteiger partial charge on any atom is 0.220 e. The molecule has 2 amide bonds. The van der Waals surface area contributed by atoms with Gasteiger partial charge in [-0.25, -0.2) is 0 Å². The van der Waals surface area contributed by atoms with Gasteiger partial charge in [0.15, 0.2) is 0 Å². The van der Waals surface area contributed by atoms with Gasteiger partial charge in [-0.15, -0.1) is 0 Å². The molecule has 1 unspecified atom stereocenters. The van der Waals surface area contributed by atoms with Crippen LogP contribution in [0.3, 0.4) is 0 Å². The summed E-state index contributed by atoms with van der Waals surface area (Å²) in [7, 11) is 0. The van der Waals surface area contributed by atoms with Crippen LogP contribution in [0.2, 0.25) is 0 Å². The van der Waals surface area contributed by atoms with Crippen LogP contribution in [0, 0.1) is 17.8 Å². The molecule has 6 nitrogen and oxygen atoms in total. The first-order valence-electron chi connectivity index (χ1n) is 12.4. The first-order chi connectivity index (χ1) is 14.7. The van der Waals surface area contributed by atoms with E-state index in [0.717, 1.165) is 25.7 Å². The molecule has 0 spiro atoms. The van der Waals surface area contributed by atoms with Crippen molar-refractivity contribution in [2.45, 2.75) is 117 Å².